The first-order valence-electron chi connectivity index (χ1n) is 7.95. The molecule has 0 saturated carbocycles. The molecule has 0 unspecified atom stereocenters. The number of fused-ring (bicyclic) bond motifs is 1. The van der Waals surface area contributed by atoms with Gasteiger partial charge in [0.05, 0.1) is 17.5 Å². The quantitative estimate of drug-likeness (QED) is 0.668. The highest BCUT2D eigenvalue weighted by Crippen LogP contribution is 2.13. The normalized spacial score (nSPS) is 11.3. The number of anilines is 1. The smallest absolute Gasteiger partial charge is 0.338 e. The highest BCUT2D eigenvalue weighted by Gasteiger charge is 2.11. The largest absolute Gasteiger partial charge is 0.456 e. The van der Waals surface area contributed by atoms with Crippen LogP contribution in [0.25, 0.3) is 5.65 Å². The Hall–Kier alpha value is -3.20. The van der Waals surface area contributed by atoms with Crippen molar-refractivity contribution in [3.05, 3.63) is 75.8 Å². The summed E-state index contributed by atoms with van der Waals surface area (Å²) in [5.41, 5.74) is 1.90. The van der Waals surface area contributed by atoms with E-state index in [4.69, 9.17) is 4.74 Å². The first kappa shape index (κ1) is 18.6. The van der Waals surface area contributed by atoms with E-state index in [1.165, 1.54) is 34.7 Å². The van der Waals surface area contributed by atoms with Crippen LogP contribution < -0.4 is 10.3 Å². The number of benzene rings is 1. The van der Waals surface area contributed by atoms with Crippen LogP contribution in [0.1, 0.15) is 21.6 Å². The zero-order valence-corrected chi connectivity index (χ0v) is 15.5. The predicted octanol–water partition coefficient (Wildman–Crippen LogP) is 1.73. The van der Waals surface area contributed by atoms with Gasteiger partial charge in [-0.2, -0.15) is 0 Å². The molecule has 0 spiro atoms. The Morgan fingerprint density at radius 1 is 1.22 bits per heavy atom. The molecule has 27 heavy (non-hydrogen) atoms. The third-order valence-electron chi connectivity index (χ3n) is 3.63. The lowest BCUT2D eigenvalue weighted by Crippen LogP contribution is -2.16. The van der Waals surface area contributed by atoms with E-state index in [9.17, 15) is 18.0 Å². The van der Waals surface area contributed by atoms with Gasteiger partial charge in [-0.1, -0.05) is 6.07 Å². The molecule has 1 N–H and O–H groups in total. The maximum absolute atomic E-state index is 12.2. The van der Waals surface area contributed by atoms with Crippen LogP contribution in [0.2, 0.25) is 0 Å². The van der Waals surface area contributed by atoms with Crippen LogP contribution >= 0.6 is 0 Å². The van der Waals surface area contributed by atoms with E-state index in [0.29, 0.717) is 11.3 Å². The van der Waals surface area contributed by atoms with E-state index in [1.807, 2.05) is 6.92 Å². The average molecular weight is 387 g/mol. The molecule has 0 bridgehead atoms. The number of pyridine rings is 1. The fraction of sp³-hybridized carbons (Fsp3) is 0.167. The van der Waals surface area contributed by atoms with E-state index in [-0.39, 0.29) is 23.4 Å². The fourth-order valence-corrected chi connectivity index (χ4v) is 3.03. The summed E-state index contributed by atoms with van der Waals surface area (Å²) in [4.78, 5) is 28.7. The molecule has 0 radical (unpaired) electrons. The Labute approximate surface area is 155 Å². The Morgan fingerprint density at radius 2 is 2.00 bits per heavy atom. The Bertz CT molecular complexity index is 1190. The standard InChI is InChI=1S/C18H17N3O5S/c1-12-6-7-21-16(8-12)19-15(10-17(21)22)11-26-18(23)13-4-3-5-14(9-13)20-27(2,24)25/h3-10,20H,11H2,1-2H3. The molecular formula is C18H17N3O5S. The van der Waals surface area contributed by atoms with E-state index in [2.05, 4.69) is 9.71 Å². The van der Waals surface area contributed by atoms with E-state index in [1.54, 1.807) is 18.3 Å². The number of rotatable bonds is 5. The number of carbonyl (C=O) groups excluding carboxylic acids is 1. The summed E-state index contributed by atoms with van der Waals surface area (Å²) in [5, 5.41) is 0. The second-order valence-corrected chi connectivity index (χ2v) is 7.80. The van der Waals surface area contributed by atoms with E-state index < -0.39 is 16.0 Å². The number of nitrogens with zero attached hydrogens (tertiary/aromatic N) is 2. The Balaban J connectivity index is 1.77. The number of carbonyl (C=O) groups is 1. The van der Waals surface area contributed by atoms with Crippen molar-refractivity contribution < 1.29 is 17.9 Å². The minimum atomic E-state index is -3.45. The van der Waals surface area contributed by atoms with E-state index in [0.717, 1.165) is 11.8 Å². The summed E-state index contributed by atoms with van der Waals surface area (Å²) >= 11 is 0. The lowest BCUT2D eigenvalue weighted by molar-refractivity contribution is 0.0467. The summed E-state index contributed by atoms with van der Waals surface area (Å²) in [6.07, 6.45) is 2.65. The molecule has 0 aliphatic carbocycles. The molecule has 2 aromatic heterocycles. The molecule has 0 aliphatic rings. The number of nitrogens with one attached hydrogen (secondary N) is 1. The second-order valence-electron chi connectivity index (χ2n) is 6.05. The number of aryl methyl sites for hydroxylation is 1. The maximum Gasteiger partial charge on any atom is 0.338 e. The van der Waals surface area contributed by atoms with Crippen LogP contribution in [-0.4, -0.2) is 30.0 Å². The molecule has 9 heteroatoms. The number of esters is 1. The maximum atomic E-state index is 12.2. The highest BCUT2D eigenvalue weighted by atomic mass is 32.2. The zero-order valence-electron chi connectivity index (χ0n) is 14.7. The van der Waals surface area contributed by atoms with Crippen molar-refractivity contribution in [2.24, 2.45) is 0 Å². The van der Waals surface area contributed by atoms with Crippen molar-refractivity contribution in [3.8, 4) is 0 Å². The summed E-state index contributed by atoms with van der Waals surface area (Å²) in [6, 6.07) is 10.8. The number of aromatic nitrogens is 2. The van der Waals surface area contributed by atoms with Crippen LogP contribution in [0.15, 0.2) is 53.5 Å². The van der Waals surface area contributed by atoms with E-state index >= 15 is 0 Å². The first-order valence-corrected chi connectivity index (χ1v) is 9.84. The molecule has 0 amide bonds. The minimum absolute atomic E-state index is 0.178. The summed E-state index contributed by atoms with van der Waals surface area (Å²) in [6.45, 7) is 1.71. The lowest BCUT2D eigenvalue weighted by atomic mass is 10.2. The van der Waals surface area contributed by atoms with Gasteiger partial charge in [-0.25, -0.2) is 18.2 Å². The zero-order chi connectivity index (χ0) is 19.6. The fourth-order valence-electron chi connectivity index (χ4n) is 2.47. The molecule has 0 aliphatic heterocycles. The molecule has 0 atom stereocenters. The number of hydrogen-bond donors (Lipinski definition) is 1. The van der Waals surface area contributed by atoms with Crippen LogP contribution in [0.3, 0.4) is 0 Å². The molecular weight excluding hydrogens is 370 g/mol. The number of ether oxygens (including phenoxy) is 1. The summed E-state index contributed by atoms with van der Waals surface area (Å²) in [7, 11) is -3.45. The molecule has 1 aromatic carbocycles. The van der Waals surface area contributed by atoms with Gasteiger partial charge in [-0.3, -0.25) is 13.9 Å². The first-order chi connectivity index (χ1) is 12.7. The van der Waals surface area contributed by atoms with Gasteiger partial charge in [-0.15, -0.1) is 0 Å². The predicted molar refractivity (Wildman–Crippen MR) is 100 cm³/mol. The van der Waals surface area contributed by atoms with Gasteiger partial charge < -0.3 is 4.74 Å². The van der Waals surface area contributed by atoms with Gasteiger partial charge in [0, 0.05) is 18.0 Å². The van der Waals surface area contributed by atoms with Gasteiger partial charge >= 0.3 is 5.97 Å². The average Bonchev–Trinajstić information content (AvgIpc) is 2.58. The molecule has 3 rings (SSSR count). The van der Waals surface area contributed by atoms with Crippen LogP contribution in [0.5, 0.6) is 0 Å². The molecule has 2 heterocycles. The van der Waals surface area contributed by atoms with Crippen molar-refractivity contribution >= 4 is 27.3 Å². The number of sulfonamides is 1. The van der Waals surface area contributed by atoms with Gasteiger partial charge in [0.15, 0.2) is 0 Å². The molecule has 0 saturated heterocycles. The Kier molecular flexibility index (Phi) is 4.95. The van der Waals surface area contributed by atoms with Crippen molar-refractivity contribution in [1.82, 2.24) is 9.38 Å². The van der Waals surface area contributed by atoms with Crippen molar-refractivity contribution in [3.63, 3.8) is 0 Å². The number of hydrogen-bond acceptors (Lipinski definition) is 6. The summed E-state index contributed by atoms with van der Waals surface area (Å²) < 4.78 is 31.5. The van der Waals surface area contributed by atoms with Crippen molar-refractivity contribution in [1.29, 1.82) is 0 Å². The Morgan fingerprint density at radius 3 is 2.74 bits per heavy atom. The van der Waals surface area contributed by atoms with Crippen molar-refractivity contribution in [2.75, 3.05) is 11.0 Å². The molecule has 8 nitrogen and oxygen atoms in total. The lowest BCUT2D eigenvalue weighted by Gasteiger charge is -2.08. The topological polar surface area (TPSA) is 107 Å². The van der Waals surface area contributed by atoms with Crippen molar-refractivity contribution in [2.45, 2.75) is 13.5 Å². The minimum Gasteiger partial charge on any atom is -0.456 e. The van der Waals surface area contributed by atoms with Gasteiger partial charge in [0.2, 0.25) is 10.0 Å². The molecule has 3 aromatic rings. The van der Waals surface area contributed by atoms with Crippen LogP contribution in [0, 0.1) is 6.92 Å². The monoisotopic (exact) mass is 387 g/mol. The van der Waals surface area contributed by atoms with Gasteiger partial charge in [0.25, 0.3) is 5.56 Å². The third-order valence-corrected chi connectivity index (χ3v) is 4.23. The van der Waals surface area contributed by atoms with Gasteiger partial charge in [0.1, 0.15) is 12.3 Å². The third kappa shape index (κ3) is 4.70. The SMILES string of the molecule is Cc1ccn2c(=O)cc(COC(=O)c3cccc(NS(C)(=O)=O)c3)nc2c1. The molecule has 140 valence electrons. The second kappa shape index (κ2) is 7.20. The van der Waals surface area contributed by atoms with Crippen LogP contribution in [0.4, 0.5) is 5.69 Å². The molecule has 0 fully saturated rings. The van der Waals surface area contributed by atoms with Gasteiger partial charge in [-0.05, 0) is 42.8 Å². The van der Waals surface area contributed by atoms with Crippen LogP contribution in [-0.2, 0) is 21.4 Å². The highest BCUT2D eigenvalue weighted by molar-refractivity contribution is 7.92. The summed E-state index contributed by atoms with van der Waals surface area (Å²) in [5.74, 6) is -0.654.